The zero-order valence-corrected chi connectivity index (χ0v) is 11.1. The number of phenols is 1. The zero-order valence-electron chi connectivity index (χ0n) is 9.56. The van der Waals surface area contributed by atoms with E-state index in [9.17, 15) is 14.7 Å². The van der Waals surface area contributed by atoms with Gasteiger partial charge >= 0.3 is 0 Å². The third kappa shape index (κ3) is 1.45. The van der Waals surface area contributed by atoms with Gasteiger partial charge in [-0.3, -0.25) is 9.59 Å². The topological polar surface area (TPSA) is 89.6 Å². The number of hydrogen-bond acceptors (Lipinski definition) is 6. The molecule has 1 heterocycles. The van der Waals surface area contributed by atoms with Crippen LogP contribution in [0.25, 0.3) is 0 Å². The molecule has 0 saturated carbocycles. The Bertz CT molecular complexity index is 734. The largest absolute Gasteiger partial charge is 0.507 e. The van der Waals surface area contributed by atoms with Gasteiger partial charge in [-0.25, -0.2) is 0 Å². The Morgan fingerprint density at radius 1 is 1.21 bits per heavy atom. The first kappa shape index (κ1) is 11.9. The van der Waals surface area contributed by atoms with Gasteiger partial charge in [-0.1, -0.05) is 5.16 Å². The van der Waals surface area contributed by atoms with Crippen molar-refractivity contribution in [3.05, 3.63) is 39.2 Å². The molecule has 0 amide bonds. The van der Waals surface area contributed by atoms with Crippen molar-refractivity contribution < 1.29 is 24.0 Å². The van der Waals surface area contributed by atoms with Crippen LogP contribution in [0.3, 0.4) is 0 Å². The third-order valence-electron chi connectivity index (χ3n) is 2.90. The molecular formula is C12H6BrNO5. The van der Waals surface area contributed by atoms with Crippen LogP contribution in [0.15, 0.2) is 21.3 Å². The van der Waals surface area contributed by atoms with E-state index in [-0.39, 0.29) is 38.6 Å². The maximum absolute atomic E-state index is 12.4. The average Bonchev–Trinajstić information content (AvgIpc) is 2.78. The van der Waals surface area contributed by atoms with Crippen molar-refractivity contribution in [1.82, 2.24) is 5.16 Å². The number of halogens is 1. The van der Waals surface area contributed by atoms with Crippen LogP contribution in [-0.2, 0) is 0 Å². The summed E-state index contributed by atoms with van der Waals surface area (Å²) in [6.45, 7) is 0. The number of rotatable bonds is 1. The van der Waals surface area contributed by atoms with Gasteiger partial charge in [-0.2, -0.15) is 0 Å². The Kier molecular flexibility index (Phi) is 2.46. The number of ether oxygens (including phenoxy) is 1. The van der Waals surface area contributed by atoms with E-state index in [1.807, 2.05) is 0 Å². The molecule has 0 saturated heterocycles. The van der Waals surface area contributed by atoms with Crippen molar-refractivity contribution >= 4 is 27.5 Å². The van der Waals surface area contributed by atoms with Gasteiger partial charge in [0.1, 0.15) is 17.1 Å². The Morgan fingerprint density at radius 3 is 2.63 bits per heavy atom. The molecule has 0 fully saturated rings. The summed E-state index contributed by atoms with van der Waals surface area (Å²) in [5.74, 6) is -1.35. The van der Waals surface area contributed by atoms with Crippen LogP contribution in [0.1, 0.15) is 32.0 Å². The van der Waals surface area contributed by atoms with Crippen molar-refractivity contribution in [1.29, 1.82) is 0 Å². The standard InChI is InChI=1S/C12H6BrNO5/c1-18-5-3-2-4(15)6-7(5)9(16)8-11(10(6)17)19-14-12(8)13/h2-3,15H,1H3. The highest BCUT2D eigenvalue weighted by Gasteiger charge is 2.39. The van der Waals surface area contributed by atoms with Gasteiger partial charge in [-0.05, 0) is 28.1 Å². The molecule has 1 aliphatic carbocycles. The van der Waals surface area contributed by atoms with E-state index >= 15 is 0 Å². The van der Waals surface area contributed by atoms with Gasteiger partial charge < -0.3 is 14.4 Å². The number of methoxy groups -OCH3 is 1. The minimum atomic E-state index is -0.598. The van der Waals surface area contributed by atoms with Gasteiger partial charge in [0, 0.05) is 0 Å². The van der Waals surface area contributed by atoms with Crippen LogP contribution in [-0.4, -0.2) is 28.9 Å². The van der Waals surface area contributed by atoms with E-state index in [1.54, 1.807) is 0 Å². The molecule has 0 spiro atoms. The van der Waals surface area contributed by atoms with Gasteiger partial charge in [0.25, 0.3) is 0 Å². The number of benzene rings is 1. The minimum absolute atomic E-state index is 0.0175. The summed E-state index contributed by atoms with van der Waals surface area (Å²) in [7, 11) is 1.38. The molecule has 7 heteroatoms. The number of hydrogen-bond donors (Lipinski definition) is 1. The minimum Gasteiger partial charge on any atom is -0.507 e. The van der Waals surface area contributed by atoms with Gasteiger partial charge in [0.05, 0.1) is 18.2 Å². The van der Waals surface area contributed by atoms with Crippen LogP contribution in [0.5, 0.6) is 11.5 Å². The third-order valence-corrected chi connectivity index (χ3v) is 3.44. The number of aromatic hydroxyl groups is 1. The van der Waals surface area contributed by atoms with E-state index in [2.05, 4.69) is 21.1 Å². The SMILES string of the molecule is COc1ccc(O)c2c1C(=O)c1c(Br)noc1C2=O. The predicted octanol–water partition coefficient (Wildman–Crippen LogP) is 1.93. The summed E-state index contributed by atoms with van der Waals surface area (Å²) in [4.78, 5) is 24.6. The molecule has 0 atom stereocenters. The molecule has 2 aromatic rings. The predicted molar refractivity (Wildman–Crippen MR) is 65.7 cm³/mol. The highest BCUT2D eigenvalue weighted by Crippen LogP contribution is 2.39. The number of phenolic OH excluding ortho intramolecular Hbond substituents is 1. The molecule has 0 unspecified atom stereocenters. The smallest absolute Gasteiger partial charge is 0.236 e. The van der Waals surface area contributed by atoms with Crippen LogP contribution < -0.4 is 4.74 Å². The van der Waals surface area contributed by atoms with Crippen molar-refractivity contribution in [3.8, 4) is 11.5 Å². The van der Waals surface area contributed by atoms with Crippen LogP contribution in [0, 0.1) is 0 Å². The summed E-state index contributed by atoms with van der Waals surface area (Å²) >= 11 is 3.06. The Morgan fingerprint density at radius 2 is 1.95 bits per heavy atom. The second-order valence-corrected chi connectivity index (χ2v) is 4.62. The summed E-state index contributed by atoms with van der Waals surface area (Å²) < 4.78 is 10.1. The summed E-state index contributed by atoms with van der Waals surface area (Å²) in [5, 5.41) is 13.3. The molecule has 6 nitrogen and oxygen atoms in total. The lowest BCUT2D eigenvalue weighted by Crippen LogP contribution is -2.20. The fourth-order valence-electron chi connectivity index (χ4n) is 2.06. The second-order valence-electron chi connectivity index (χ2n) is 3.87. The molecule has 0 aliphatic heterocycles. The number of ketones is 2. The Balaban J connectivity index is 2.40. The number of fused-ring (bicyclic) bond motifs is 2. The lowest BCUT2D eigenvalue weighted by Gasteiger charge is -2.16. The van der Waals surface area contributed by atoms with Crippen LogP contribution in [0.2, 0.25) is 0 Å². The molecule has 3 rings (SSSR count). The van der Waals surface area contributed by atoms with E-state index in [1.165, 1.54) is 19.2 Å². The molecule has 1 aromatic heterocycles. The Hall–Kier alpha value is -2.15. The molecule has 0 radical (unpaired) electrons. The molecule has 0 bridgehead atoms. The van der Waals surface area contributed by atoms with Crippen LogP contribution in [0.4, 0.5) is 0 Å². The molecule has 1 aromatic carbocycles. The van der Waals surface area contributed by atoms with E-state index in [0.717, 1.165) is 0 Å². The van der Waals surface area contributed by atoms with Gasteiger partial charge in [0.2, 0.25) is 17.3 Å². The van der Waals surface area contributed by atoms with Gasteiger partial charge in [-0.15, -0.1) is 0 Å². The fraction of sp³-hybridized carbons (Fsp3) is 0.0833. The maximum atomic E-state index is 12.4. The van der Waals surface area contributed by atoms with Crippen molar-refractivity contribution in [2.45, 2.75) is 0 Å². The average molecular weight is 324 g/mol. The van der Waals surface area contributed by atoms with E-state index in [0.29, 0.717) is 0 Å². The number of carbonyl (C=O) groups excluding carboxylic acids is 2. The Labute approximate surface area is 115 Å². The van der Waals surface area contributed by atoms with Crippen molar-refractivity contribution in [2.24, 2.45) is 0 Å². The molecule has 1 aliphatic rings. The van der Waals surface area contributed by atoms with Crippen LogP contribution >= 0.6 is 15.9 Å². The fourth-order valence-corrected chi connectivity index (χ4v) is 2.49. The molecule has 19 heavy (non-hydrogen) atoms. The summed E-state index contributed by atoms with van der Waals surface area (Å²) in [5.41, 5.74) is -0.0641. The zero-order chi connectivity index (χ0) is 13.7. The number of aromatic nitrogens is 1. The molecule has 96 valence electrons. The monoisotopic (exact) mass is 323 g/mol. The number of carbonyl (C=O) groups is 2. The highest BCUT2D eigenvalue weighted by molar-refractivity contribution is 9.10. The first-order valence-electron chi connectivity index (χ1n) is 5.20. The number of nitrogens with zero attached hydrogens (tertiary/aromatic N) is 1. The van der Waals surface area contributed by atoms with Crippen molar-refractivity contribution in [3.63, 3.8) is 0 Å². The second kappa shape index (κ2) is 3.92. The van der Waals surface area contributed by atoms with Gasteiger partial charge in [0.15, 0.2) is 4.60 Å². The first-order chi connectivity index (χ1) is 9.06. The summed E-state index contributed by atoms with van der Waals surface area (Å²) in [6, 6.07) is 2.71. The first-order valence-corrected chi connectivity index (χ1v) is 6.00. The van der Waals surface area contributed by atoms with E-state index < -0.39 is 11.6 Å². The maximum Gasteiger partial charge on any atom is 0.236 e. The lowest BCUT2D eigenvalue weighted by molar-refractivity contribution is 0.0950. The van der Waals surface area contributed by atoms with E-state index in [4.69, 9.17) is 9.26 Å². The highest BCUT2D eigenvalue weighted by atomic mass is 79.9. The molecular weight excluding hydrogens is 318 g/mol. The summed E-state index contributed by atoms with van der Waals surface area (Å²) in [6.07, 6.45) is 0. The lowest BCUT2D eigenvalue weighted by atomic mass is 9.87. The normalized spacial score (nSPS) is 13.2. The van der Waals surface area contributed by atoms with Crippen molar-refractivity contribution in [2.75, 3.05) is 7.11 Å². The molecule has 1 N–H and O–H groups in total. The quantitative estimate of drug-likeness (QED) is 0.736.